The second-order valence-electron chi connectivity index (χ2n) is 8.56. The van der Waals surface area contributed by atoms with Crippen LogP contribution >= 0.6 is 11.6 Å². The SMILES string of the molecule is COc1cccc(C(=O)Nc2cccc(OC(=O)c3cc(S(=O)(=O)N4CCCCCC4)ccc3Cl)c2)c1. The average Bonchev–Trinajstić information content (AvgIpc) is 3.19. The Hall–Kier alpha value is -3.40. The lowest BCUT2D eigenvalue weighted by molar-refractivity contribution is 0.0734. The highest BCUT2D eigenvalue weighted by molar-refractivity contribution is 7.89. The molecule has 37 heavy (non-hydrogen) atoms. The number of amides is 1. The van der Waals surface area contributed by atoms with E-state index < -0.39 is 16.0 Å². The molecule has 3 aromatic carbocycles. The summed E-state index contributed by atoms with van der Waals surface area (Å²) in [6.07, 6.45) is 3.57. The van der Waals surface area contributed by atoms with Crippen molar-refractivity contribution in [3.63, 3.8) is 0 Å². The van der Waals surface area contributed by atoms with Gasteiger partial charge in [0.25, 0.3) is 5.91 Å². The monoisotopic (exact) mass is 542 g/mol. The van der Waals surface area contributed by atoms with Gasteiger partial charge in [0, 0.05) is 30.4 Å². The van der Waals surface area contributed by atoms with Crippen LogP contribution in [0.4, 0.5) is 5.69 Å². The standard InChI is InChI=1S/C27H27ClN2O6S/c1-35-21-10-6-8-19(16-21)26(31)29-20-9-7-11-22(17-20)36-27(32)24-18-23(12-13-25(24)28)37(33,34)30-14-4-2-3-5-15-30/h6-13,16-18H,2-5,14-15H2,1H3,(H,29,31). The molecule has 10 heteroatoms. The molecule has 3 aromatic rings. The van der Waals surface area contributed by atoms with E-state index in [0.29, 0.717) is 30.1 Å². The van der Waals surface area contributed by atoms with Crippen LogP contribution in [0.1, 0.15) is 46.4 Å². The highest BCUT2D eigenvalue weighted by atomic mass is 35.5. The van der Waals surface area contributed by atoms with E-state index in [-0.39, 0.29) is 27.1 Å². The zero-order chi connectivity index (χ0) is 26.4. The van der Waals surface area contributed by atoms with E-state index in [1.165, 1.54) is 35.7 Å². The van der Waals surface area contributed by atoms with Crippen LogP contribution < -0.4 is 14.8 Å². The molecule has 1 heterocycles. The normalized spacial score (nSPS) is 14.4. The number of carbonyl (C=O) groups is 2. The quantitative estimate of drug-likeness (QED) is 0.317. The van der Waals surface area contributed by atoms with E-state index >= 15 is 0 Å². The summed E-state index contributed by atoms with van der Waals surface area (Å²) in [5, 5.41) is 2.82. The van der Waals surface area contributed by atoms with Crippen LogP contribution in [0.3, 0.4) is 0 Å². The Morgan fingerprint density at radius 2 is 1.59 bits per heavy atom. The van der Waals surface area contributed by atoms with Crippen LogP contribution in [-0.4, -0.2) is 44.8 Å². The lowest BCUT2D eigenvalue weighted by atomic mass is 10.2. The van der Waals surface area contributed by atoms with Gasteiger partial charge >= 0.3 is 5.97 Å². The van der Waals surface area contributed by atoms with Gasteiger partial charge in [-0.2, -0.15) is 4.31 Å². The Morgan fingerprint density at radius 3 is 2.32 bits per heavy atom. The molecule has 0 spiro atoms. The number of rotatable bonds is 7. The van der Waals surface area contributed by atoms with Gasteiger partial charge in [-0.15, -0.1) is 0 Å². The topological polar surface area (TPSA) is 102 Å². The van der Waals surface area contributed by atoms with Crippen LogP contribution in [0, 0.1) is 0 Å². The van der Waals surface area contributed by atoms with Crippen molar-refractivity contribution < 1.29 is 27.5 Å². The van der Waals surface area contributed by atoms with E-state index in [1.807, 2.05) is 0 Å². The predicted octanol–water partition coefficient (Wildman–Crippen LogP) is 5.38. The molecule has 0 atom stereocenters. The van der Waals surface area contributed by atoms with Crippen LogP contribution in [0.2, 0.25) is 5.02 Å². The number of nitrogens with zero attached hydrogens (tertiary/aromatic N) is 1. The van der Waals surface area contributed by atoms with Gasteiger partial charge in [0.15, 0.2) is 0 Å². The van der Waals surface area contributed by atoms with Gasteiger partial charge in [0.05, 0.1) is 22.6 Å². The van der Waals surface area contributed by atoms with Crippen molar-refractivity contribution >= 4 is 39.2 Å². The molecule has 4 rings (SSSR count). The number of hydrogen-bond acceptors (Lipinski definition) is 6. The summed E-state index contributed by atoms with van der Waals surface area (Å²) in [6, 6.07) is 17.0. The van der Waals surface area contributed by atoms with E-state index in [0.717, 1.165) is 25.7 Å². The molecule has 0 aliphatic carbocycles. The molecule has 0 aromatic heterocycles. The first kappa shape index (κ1) is 26.7. The summed E-state index contributed by atoms with van der Waals surface area (Å²) in [5.41, 5.74) is 0.737. The number of sulfonamides is 1. The second-order valence-corrected chi connectivity index (χ2v) is 10.9. The molecule has 8 nitrogen and oxygen atoms in total. The van der Waals surface area contributed by atoms with Crippen LogP contribution in [-0.2, 0) is 10.0 Å². The third kappa shape index (κ3) is 6.49. The summed E-state index contributed by atoms with van der Waals surface area (Å²) in [5.74, 6) is -0.469. The molecule has 1 amide bonds. The number of halogens is 1. The van der Waals surface area contributed by atoms with Gasteiger partial charge in [0.2, 0.25) is 10.0 Å². The average molecular weight is 543 g/mol. The van der Waals surface area contributed by atoms with E-state index in [1.54, 1.807) is 42.5 Å². The maximum Gasteiger partial charge on any atom is 0.345 e. The lowest BCUT2D eigenvalue weighted by Gasteiger charge is -2.20. The molecular weight excluding hydrogens is 516 g/mol. The molecule has 0 radical (unpaired) electrons. The molecule has 1 fully saturated rings. The molecule has 1 N–H and O–H groups in total. The molecule has 0 saturated carbocycles. The van der Waals surface area contributed by atoms with E-state index in [2.05, 4.69) is 5.32 Å². The van der Waals surface area contributed by atoms with Gasteiger partial charge in [-0.1, -0.05) is 36.6 Å². The number of methoxy groups -OCH3 is 1. The second kappa shape index (κ2) is 11.8. The first-order valence-corrected chi connectivity index (χ1v) is 13.7. The summed E-state index contributed by atoms with van der Waals surface area (Å²) in [7, 11) is -2.26. The number of esters is 1. The maximum absolute atomic E-state index is 13.2. The summed E-state index contributed by atoms with van der Waals surface area (Å²) in [6.45, 7) is 0.887. The van der Waals surface area contributed by atoms with Crippen molar-refractivity contribution in [1.82, 2.24) is 4.31 Å². The number of carbonyl (C=O) groups excluding carboxylic acids is 2. The summed E-state index contributed by atoms with van der Waals surface area (Å²) < 4.78 is 38.4. The van der Waals surface area contributed by atoms with Crippen molar-refractivity contribution in [2.45, 2.75) is 30.6 Å². The lowest BCUT2D eigenvalue weighted by Crippen LogP contribution is -2.32. The van der Waals surface area contributed by atoms with Crippen molar-refractivity contribution in [2.75, 3.05) is 25.5 Å². The van der Waals surface area contributed by atoms with Gasteiger partial charge in [0.1, 0.15) is 11.5 Å². The smallest absolute Gasteiger partial charge is 0.345 e. The largest absolute Gasteiger partial charge is 0.497 e. The molecule has 1 saturated heterocycles. The van der Waals surface area contributed by atoms with Crippen molar-refractivity contribution in [3.8, 4) is 11.5 Å². The number of benzene rings is 3. The van der Waals surface area contributed by atoms with Crippen molar-refractivity contribution in [2.24, 2.45) is 0 Å². The highest BCUT2D eigenvalue weighted by Gasteiger charge is 2.27. The zero-order valence-corrected chi connectivity index (χ0v) is 21.8. The van der Waals surface area contributed by atoms with E-state index in [4.69, 9.17) is 21.1 Å². The summed E-state index contributed by atoms with van der Waals surface area (Å²) in [4.78, 5) is 25.6. The Balaban J connectivity index is 1.50. The predicted molar refractivity (Wildman–Crippen MR) is 141 cm³/mol. The minimum Gasteiger partial charge on any atom is -0.497 e. The molecule has 194 valence electrons. The fourth-order valence-corrected chi connectivity index (χ4v) is 5.76. The van der Waals surface area contributed by atoms with Gasteiger partial charge in [-0.25, -0.2) is 13.2 Å². The Kier molecular flexibility index (Phi) is 8.48. The van der Waals surface area contributed by atoms with Crippen molar-refractivity contribution in [3.05, 3.63) is 82.9 Å². The number of hydrogen-bond donors (Lipinski definition) is 1. The van der Waals surface area contributed by atoms with Crippen LogP contribution in [0.25, 0.3) is 0 Å². The van der Waals surface area contributed by atoms with Gasteiger partial charge in [-0.05, 0) is 61.4 Å². The van der Waals surface area contributed by atoms with Crippen molar-refractivity contribution in [1.29, 1.82) is 0 Å². The maximum atomic E-state index is 13.2. The Labute approximate surface area is 221 Å². The summed E-state index contributed by atoms with van der Waals surface area (Å²) >= 11 is 6.24. The first-order chi connectivity index (χ1) is 17.8. The van der Waals surface area contributed by atoms with Gasteiger partial charge in [-0.3, -0.25) is 4.79 Å². The third-order valence-electron chi connectivity index (χ3n) is 5.99. The molecular formula is C27H27ClN2O6S. The number of nitrogens with one attached hydrogen (secondary N) is 1. The Bertz CT molecular complexity index is 1400. The highest BCUT2D eigenvalue weighted by Crippen LogP contribution is 2.27. The molecule has 1 aliphatic heterocycles. The fraction of sp³-hybridized carbons (Fsp3) is 0.259. The number of ether oxygens (including phenoxy) is 2. The molecule has 0 unspecified atom stereocenters. The first-order valence-electron chi connectivity index (χ1n) is 11.9. The minimum absolute atomic E-state index is 0.00921. The number of anilines is 1. The van der Waals surface area contributed by atoms with Crippen LogP contribution in [0.15, 0.2) is 71.6 Å². The third-order valence-corrected chi connectivity index (χ3v) is 8.22. The van der Waals surface area contributed by atoms with E-state index in [9.17, 15) is 18.0 Å². The van der Waals surface area contributed by atoms with Gasteiger partial charge < -0.3 is 14.8 Å². The zero-order valence-electron chi connectivity index (χ0n) is 20.3. The molecule has 0 bridgehead atoms. The fourth-order valence-electron chi connectivity index (χ4n) is 4.02. The molecule has 1 aliphatic rings. The minimum atomic E-state index is -3.77. The Morgan fingerprint density at radius 1 is 0.892 bits per heavy atom. The van der Waals surface area contributed by atoms with Crippen LogP contribution in [0.5, 0.6) is 11.5 Å².